The molecule has 3 N–H and O–H groups in total. The molecule has 8 nitrogen and oxygen atoms in total. The highest BCUT2D eigenvalue weighted by Gasteiger charge is 2.31. The third-order valence-electron chi connectivity index (χ3n) is 6.71. The van der Waals surface area contributed by atoms with Gasteiger partial charge in [0.05, 0.1) is 6.10 Å². The van der Waals surface area contributed by atoms with Crippen molar-refractivity contribution >= 4 is 18.0 Å². The quantitative estimate of drug-likeness (QED) is 0.478. The van der Waals surface area contributed by atoms with E-state index in [1.54, 1.807) is 0 Å². The first-order valence-electron chi connectivity index (χ1n) is 12.2. The number of alkyl carbamates (subject to hydrolysis) is 1. The number of aliphatic carboxylic acids is 1. The van der Waals surface area contributed by atoms with Crippen molar-refractivity contribution in [2.45, 2.75) is 50.7 Å². The molecule has 2 aliphatic rings. The molecule has 0 saturated carbocycles. The molecule has 186 valence electrons. The zero-order chi connectivity index (χ0) is 24.8. The van der Waals surface area contributed by atoms with Crippen molar-refractivity contribution in [2.75, 3.05) is 19.7 Å². The Hall–Kier alpha value is -3.39. The molecule has 1 aliphatic carbocycles. The molecule has 35 heavy (non-hydrogen) atoms. The third-order valence-corrected chi connectivity index (χ3v) is 6.71. The van der Waals surface area contributed by atoms with Crippen LogP contribution in [0.3, 0.4) is 0 Å². The smallest absolute Gasteiger partial charge is 0.407 e. The summed E-state index contributed by atoms with van der Waals surface area (Å²) in [6, 6.07) is 16.4. The number of carboxylic acids is 1. The minimum atomic E-state index is -0.962. The summed E-state index contributed by atoms with van der Waals surface area (Å²) in [7, 11) is 0. The van der Waals surface area contributed by atoms with Gasteiger partial charge in [-0.05, 0) is 47.4 Å². The molecule has 0 aromatic heterocycles. The number of rotatable bonds is 10. The molecule has 1 aliphatic heterocycles. The van der Waals surface area contributed by atoms with E-state index >= 15 is 0 Å². The summed E-state index contributed by atoms with van der Waals surface area (Å²) >= 11 is 0. The van der Waals surface area contributed by atoms with Gasteiger partial charge in [0.2, 0.25) is 5.91 Å². The Morgan fingerprint density at radius 3 is 2.31 bits per heavy atom. The van der Waals surface area contributed by atoms with Gasteiger partial charge in [0.25, 0.3) is 0 Å². The zero-order valence-corrected chi connectivity index (χ0v) is 19.9. The van der Waals surface area contributed by atoms with Crippen LogP contribution in [0.2, 0.25) is 0 Å². The molecule has 1 fully saturated rings. The van der Waals surface area contributed by atoms with Crippen LogP contribution >= 0.6 is 0 Å². The number of nitrogens with one attached hydrogen (secondary N) is 2. The molecule has 3 atom stereocenters. The van der Waals surface area contributed by atoms with Crippen LogP contribution in [0.5, 0.6) is 0 Å². The minimum absolute atomic E-state index is 0.0175. The molecule has 4 rings (SSSR count). The van der Waals surface area contributed by atoms with Crippen LogP contribution < -0.4 is 10.6 Å². The fourth-order valence-corrected chi connectivity index (χ4v) is 4.74. The summed E-state index contributed by atoms with van der Waals surface area (Å²) in [6.07, 6.45) is 0.524. The number of hydrogen-bond acceptors (Lipinski definition) is 5. The largest absolute Gasteiger partial charge is 0.479 e. The Bertz CT molecular complexity index is 1030. The van der Waals surface area contributed by atoms with Gasteiger partial charge in [-0.15, -0.1) is 0 Å². The summed E-state index contributed by atoms with van der Waals surface area (Å²) in [5.74, 6) is -0.957. The standard InChI is InChI=1S/C27H32N2O6/c1-17(10-13-25(30)28-15-18-11-12-24(35-18)26(31)32)14-29-27(33)34-16-23-21-8-4-2-6-19(21)20-7-3-5-9-22(20)23/h2-9,17-18,23-24H,10-16H2,1H3,(H,28,30)(H,29,33)(H,31,32). The number of amides is 2. The van der Waals surface area contributed by atoms with Gasteiger partial charge in [0, 0.05) is 25.4 Å². The Morgan fingerprint density at radius 2 is 1.69 bits per heavy atom. The first-order chi connectivity index (χ1) is 16.9. The maximum atomic E-state index is 12.3. The average Bonchev–Trinajstić information content (AvgIpc) is 3.47. The van der Waals surface area contributed by atoms with Gasteiger partial charge < -0.3 is 25.2 Å². The van der Waals surface area contributed by atoms with E-state index in [0.717, 1.165) is 0 Å². The van der Waals surface area contributed by atoms with Gasteiger partial charge in [0.15, 0.2) is 6.10 Å². The van der Waals surface area contributed by atoms with Crippen molar-refractivity contribution in [3.05, 3.63) is 59.7 Å². The molecule has 0 bridgehead atoms. The highest BCUT2D eigenvalue weighted by Crippen LogP contribution is 2.44. The summed E-state index contributed by atoms with van der Waals surface area (Å²) < 4.78 is 10.9. The van der Waals surface area contributed by atoms with Crippen LogP contribution in [0.4, 0.5) is 4.79 Å². The molecule has 0 spiro atoms. The van der Waals surface area contributed by atoms with Gasteiger partial charge in [-0.25, -0.2) is 9.59 Å². The highest BCUT2D eigenvalue weighted by atomic mass is 16.5. The van der Waals surface area contributed by atoms with Gasteiger partial charge >= 0.3 is 12.1 Å². The van der Waals surface area contributed by atoms with Crippen molar-refractivity contribution in [1.82, 2.24) is 10.6 Å². The Kier molecular flexibility index (Phi) is 8.02. The molecule has 1 saturated heterocycles. The second-order valence-corrected chi connectivity index (χ2v) is 9.32. The highest BCUT2D eigenvalue weighted by molar-refractivity contribution is 5.79. The van der Waals surface area contributed by atoms with Crippen molar-refractivity contribution in [3.8, 4) is 11.1 Å². The van der Waals surface area contributed by atoms with E-state index in [9.17, 15) is 14.4 Å². The van der Waals surface area contributed by atoms with Crippen molar-refractivity contribution in [1.29, 1.82) is 0 Å². The van der Waals surface area contributed by atoms with Gasteiger partial charge in [-0.1, -0.05) is 55.5 Å². The number of fused-ring (bicyclic) bond motifs is 3. The van der Waals surface area contributed by atoms with Crippen LogP contribution in [0.25, 0.3) is 11.1 Å². The topological polar surface area (TPSA) is 114 Å². The number of hydrogen-bond donors (Lipinski definition) is 3. The first kappa shape index (κ1) is 24.7. The summed E-state index contributed by atoms with van der Waals surface area (Å²) in [5, 5.41) is 14.6. The van der Waals surface area contributed by atoms with E-state index in [-0.39, 0.29) is 30.5 Å². The van der Waals surface area contributed by atoms with Crippen LogP contribution in [0, 0.1) is 5.92 Å². The van der Waals surface area contributed by atoms with E-state index in [1.165, 1.54) is 22.3 Å². The molecule has 2 amide bonds. The van der Waals surface area contributed by atoms with E-state index in [0.29, 0.717) is 38.8 Å². The molecule has 0 radical (unpaired) electrons. The van der Waals surface area contributed by atoms with E-state index < -0.39 is 18.2 Å². The predicted molar refractivity (Wildman–Crippen MR) is 130 cm³/mol. The molecule has 8 heteroatoms. The lowest BCUT2D eigenvalue weighted by molar-refractivity contribution is -0.149. The van der Waals surface area contributed by atoms with Crippen LogP contribution in [0.1, 0.15) is 49.7 Å². The lowest BCUT2D eigenvalue weighted by atomic mass is 9.98. The molecule has 1 heterocycles. The van der Waals surface area contributed by atoms with Crippen molar-refractivity contribution < 1.29 is 29.0 Å². The summed E-state index contributed by atoms with van der Waals surface area (Å²) in [5.41, 5.74) is 4.71. The summed E-state index contributed by atoms with van der Waals surface area (Å²) in [4.78, 5) is 35.4. The number of carbonyl (C=O) groups excluding carboxylic acids is 2. The summed E-state index contributed by atoms with van der Waals surface area (Å²) in [6.45, 7) is 2.96. The average molecular weight is 481 g/mol. The SMILES string of the molecule is CC(CCC(=O)NCC1CCC(C(=O)O)O1)CNC(=O)OCC1c2ccccc2-c2ccccc21. The molecule has 2 aromatic rings. The molecule has 2 aromatic carbocycles. The fraction of sp³-hybridized carbons (Fsp3) is 0.444. The zero-order valence-electron chi connectivity index (χ0n) is 19.9. The van der Waals surface area contributed by atoms with Crippen molar-refractivity contribution in [3.63, 3.8) is 0 Å². The maximum Gasteiger partial charge on any atom is 0.407 e. The number of ether oxygens (including phenoxy) is 2. The number of carboxylic acid groups (broad SMARTS) is 1. The van der Waals surface area contributed by atoms with Gasteiger partial charge in [0.1, 0.15) is 6.61 Å². The third kappa shape index (κ3) is 6.19. The molecule has 3 unspecified atom stereocenters. The lowest BCUT2D eigenvalue weighted by Gasteiger charge is -2.16. The number of benzene rings is 2. The van der Waals surface area contributed by atoms with Crippen molar-refractivity contribution in [2.24, 2.45) is 5.92 Å². The fourth-order valence-electron chi connectivity index (χ4n) is 4.74. The van der Waals surface area contributed by atoms with Crippen LogP contribution in [-0.2, 0) is 19.1 Å². The van der Waals surface area contributed by atoms with Gasteiger partial charge in [-0.2, -0.15) is 0 Å². The second kappa shape index (κ2) is 11.4. The minimum Gasteiger partial charge on any atom is -0.479 e. The normalized spacial score (nSPS) is 19.5. The van der Waals surface area contributed by atoms with E-state index in [2.05, 4.69) is 34.9 Å². The Morgan fingerprint density at radius 1 is 1.03 bits per heavy atom. The maximum absolute atomic E-state index is 12.3. The van der Waals surface area contributed by atoms with Crippen LogP contribution in [0.15, 0.2) is 48.5 Å². The Balaban J connectivity index is 1.14. The van der Waals surface area contributed by atoms with Crippen LogP contribution in [-0.4, -0.2) is 55.0 Å². The Labute approximate surface area is 205 Å². The monoisotopic (exact) mass is 480 g/mol. The van der Waals surface area contributed by atoms with E-state index in [4.69, 9.17) is 14.6 Å². The first-order valence-corrected chi connectivity index (χ1v) is 12.2. The second-order valence-electron chi connectivity index (χ2n) is 9.32. The molecular weight excluding hydrogens is 448 g/mol. The number of carbonyl (C=O) groups is 3. The molecular formula is C27H32N2O6. The predicted octanol–water partition coefficient (Wildman–Crippen LogP) is 3.69. The van der Waals surface area contributed by atoms with E-state index in [1.807, 2.05) is 31.2 Å². The lowest BCUT2D eigenvalue weighted by Crippen LogP contribution is -2.34. The van der Waals surface area contributed by atoms with Gasteiger partial charge in [-0.3, -0.25) is 4.79 Å².